The zero-order valence-corrected chi connectivity index (χ0v) is 8.97. The van der Waals surface area contributed by atoms with E-state index in [1.165, 1.54) is 13.0 Å². The standard InChI is InChI=1S/C8H16N2.BF4/c1-3-5-10-7-6-9(4-2)8-10;2-1(3,4)5/h6-7H,3-5,8H2,1-2H3;/q;-1. The second kappa shape index (κ2) is 6.58. The van der Waals surface area contributed by atoms with Crippen molar-refractivity contribution in [1.82, 2.24) is 9.80 Å². The maximum atomic E-state index is 9.75. The van der Waals surface area contributed by atoms with Crippen molar-refractivity contribution in [1.29, 1.82) is 0 Å². The summed E-state index contributed by atoms with van der Waals surface area (Å²) in [6.07, 6.45) is 5.57. The average Bonchev–Trinajstić information content (AvgIpc) is 2.50. The summed E-state index contributed by atoms with van der Waals surface area (Å²) in [5.74, 6) is 0. The molecule has 0 spiro atoms. The largest absolute Gasteiger partial charge is 0.673 e. The van der Waals surface area contributed by atoms with Gasteiger partial charge in [0.1, 0.15) is 0 Å². The molecule has 0 aromatic heterocycles. The Morgan fingerprint density at radius 2 is 1.53 bits per heavy atom. The molecule has 0 bridgehead atoms. The van der Waals surface area contributed by atoms with Crippen LogP contribution in [0.2, 0.25) is 0 Å². The summed E-state index contributed by atoms with van der Waals surface area (Å²) in [4.78, 5) is 4.64. The average molecular weight is 227 g/mol. The normalized spacial score (nSPS) is 15.3. The summed E-state index contributed by atoms with van der Waals surface area (Å²) in [7, 11) is -6.00. The first-order chi connectivity index (χ1) is 6.86. The van der Waals surface area contributed by atoms with E-state index in [0.29, 0.717) is 0 Å². The van der Waals surface area contributed by atoms with E-state index in [1.807, 2.05) is 0 Å². The van der Waals surface area contributed by atoms with Gasteiger partial charge in [-0.2, -0.15) is 0 Å². The van der Waals surface area contributed by atoms with Crippen molar-refractivity contribution in [3.8, 4) is 0 Å². The first-order valence-corrected chi connectivity index (χ1v) is 4.90. The van der Waals surface area contributed by atoms with E-state index in [9.17, 15) is 17.3 Å². The Morgan fingerprint density at radius 3 is 1.87 bits per heavy atom. The van der Waals surface area contributed by atoms with Gasteiger partial charge in [0.05, 0.1) is 6.67 Å². The van der Waals surface area contributed by atoms with Gasteiger partial charge in [0.15, 0.2) is 0 Å². The molecule has 0 aromatic carbocycles. The lowest BCUT2D eigenvalue weighted by Gasteiger charge is -2.18. The molecule has 1 aliphatic heterocycles. The molecule has 0 radical (unpaired) electrons. The van der Waals surface area contributed by atoms with E-state index in [2.05, 4.69) is 36.0 Å². The van der Waals surface area contributed by atoms with Crippen molar-refractivity contribution in [3.05, 3.63) is 12.4 Å². The lowest BCUT2D eigenvalue weighted by Crippen LogP contribution is -2.25. The van der Waals surface area contributed by atoms with Crippen molar-refractivity contribution < 1.29 is 17.3 Å². The summed E-state index contributed by atoms with van der Waals surface area (Å²) >= 11 is 0. The number of rotatable bonds is 3. The molecule has 0 fully saturated rings. The quantitative estimate of drug-likeness (QED) is 0.540. The van der Waals surface area contributed by atoms with Gasteiger partial charge in [-0.3, -0.25) is 0 Å². The van der Waals surface area contributed by atoms with Gasteiger partial charge in [-0.15, -0.1) is 0 Å². The molecule has 2 nitrogen and oxygen atoms in total. The van der Waals surface area contributed by atoms with Crippen LogP contribution < -0.4 is 0 Å². The maximum Gasteiger partial charge on any atom is 0.673 e. The summed E-state index contributed by atoms with van der Waals surface area (Å²) in [6.45, 7) is 7.79. The third-order valence-corrected chi connectivity index (χ3v) is 1.77. The minimum atomic E-state index is -6.00. The Kier molecular flexibility index (Phi) is 6.20. The van der Waals surface area contributed by atoms with Gasteiger partial charge < -0.3 is 27.1 Å². The van der Waals surface area contributed by atoms with Gasteiger partial charge in [0, 0.05) is 25.5 Å². The monoisotopic (exact) mass is 227 g/mol. The minimum Gasteiger partial charge on any atom is -0.418 e. The van der Waals surface area contributed by atoms with Crippen LogP contribution in [-0.4, -0.2) is 36.8 Å². The number of hydrogen-bond acceptors (Lipinski definition) is 2. The third-order valence-electron chi connectivity index (χ3n) is 1.77. The van der Waals surface area contributed by atoms with E-state index in [4.69, 9.17) is 0 Å². The molecule has 1 aliphatic rings. The molecule has 15 heavy (non-hydrogen) atoms. The molecule has 1 heterocycles. The van der Waals surface area contributed by atoms with Gasteiger partial charge in [0.2, 0.25) is 0 Å². The van der Waals surface area contributed by atoms with Crippen LogP contribution >= 0.6 is 0 Å². The number of hydrogen-bond donors (Lipinski definition) is 0. The highest BCUT2D eigenvalue weighted by atomic mass is 19.5. The first-order valence-electron chi connectivity index (χ1n) is 4.90. The molecule has 1 rings (SSSR count). The van der Waals surface area contributed by atoms with E-state index in [-0.39, 0.29) is 0 Å². The molecule has 0 atom stereocenters. The van der Waals surface area contributed by atoms with Crippen LogP contribution in [0.5, 0.6) is 0 Å². The van der Waals surface area contributed by atoms with Crippen LogP contribution in [0.1, 0.15) is 20.3 Å². The molecule has 7 heteroatoms. The lowest BCUT2D eigenvalue weighted by atomic mass is 10.3. The van der Waals surface area contributed by atoms with E-state index in [0.717, 1.165) is 13.2 Å². The van der Waals surface area contributed by atoms with E-state index < -0.39 is 7.25 Å². The van der Waals surface area contributed by atoms with Crippen LogP contribution in [0.15, 0.2) is 12.4 Å². The summed E-state index contributed by atoms with van der Waals surface area (Å²) < 4.78 is 39.0. The summed E-state index contributed by atoms with van der Waals surface area (Å²) in [5.41, 5.74) is 0. The van der Waals surface area contributed by atoms with Crippen LogP contribution in [0.3, 0.4) is 0 Å². The van der Waals surface area contributed by atoms with E-state index in [1.54, 1.807) is 0 Å². The van der Waals surface area contributed by atoms with Gasteiger partial charge >= 0.3 is 7.25 Å². The predicted octanol–water partition coefficient (Wildman–Crippen LogP) is 2.76. The van der Waals surface area contributed by atoms with Crippen molar-refractivity contribution in [2.45, 2.75) is 20.3 Å². The Hall–Kier alpha value is -0.875. The summed E-state index contributed by atoms with van der Waals surface area (Å²) in [6, 6.07) is 0. The van der Waals surface area contributed by atoms with Gasteiger partial charge in [-0.1, -0.05) is 6.92 Å². The molecule has 0 saturated heterocycles. The minimum absolute atomic E-state index is 1.09. The smallest absolute Gasteiger partial charge is 0.418 e. The molecule has 90 valence electrons. The van der Waals surface area contributed by atoms with Crippen LogP contribution in [0, 0.1) is 0 Å². The molecule has 0 aliphatic carbocycles. The Balaban J connectivity index is 0.000000336. The number of nitrogens with zero attached hydrogens (tertiary/aromatic N) is 2. The van der Waals surface area contributed by atoms with Crippen molar-refractivity contribution in [3.63, 3.8) is 0 Å². The topological polar surface area (TPSA) is 6.48 Å². The van der Waals surface area contributed by atoms with Gasteiger partial charge in [0.25, 0.3) is 0 Å². The van der Waals surface area contributed by atoms with Crippen LogP contribution in [0.4, 0.5) is 17.3 Å². The molecule has 0 N–H and O–H groups in total. The van der Waals surface area contributed by atoms with Crippen molar-refractivity contribution in [2.24, 2.45) is 0 Å². The molecule has 0 unspecified atom stereocenters. The highest BCUT2D eigenvalue weighted by Crippen LogP contribution is 2.06. The van der Waals surface area contributed by atoms with Gasteiger partial charge in [-0.05, 0) is 13.3 Å². The third kappa shape index (κ3) is 9.43. The van der Waals surface area contributed by atoms with Crippen LogP contribution in [0.25, 0.3) is 0 Å². The number of halogens is 4. The molecular formula is C8H16BF4N2-. The Bertz CT molecular complexity index is 190. The van der Waals surface area contributed by atoms with E-state index >= 15 is 0 Å². The maximum absolute atomic E-state index is 9.75. The second-order valence-electron chi connectivity index (χ2n) is 3.15. The fourth-order valence-electron chi connectivity index (χ4n) is 1.15. The van der Waals surface area contributed by atoms with Gasteiger partial charge in [-0.25, -0.2) is 0 Å². The Labute approximate surface area is 87.6 Å². The highest BCUT2D eigenvalue weighted by molar-refractivity contribution is 6.50. The molecule has 0 saturated carbocycles. The fraction of sp³-hybridized carbons (Fsp3) is 0.750. The Morgan fingerprint density at radius 1 is 1.07 bits per heavy atom. The fourth-order valence-corrected chi connectivity index (χ4v) is 1.15. The molecule has 0 aromatic rings. The molecular weight excluding hydrogens is 211 g/mol. The highest BCUT2D eigenvalue weighted by Gasteiger charge is 2.20. The zero-order valence-electron chi connectivity index (χ0n) is 8.97. The second-order valence-corrected chi connectivity index (χ2v) is 3.15. The predicted molar refractivity (Wildman–Crippen MR) is 53.6 cm³/mol. The van der Waals surface area contributed by atoms with Crippen molar-refractivity contribution >= 4 is 7.25 Å². The van der Waals surface area contributed by atoms with Crippen molar-refractivity contribution in [2.75, 3.05) is 19.8 Å². The SMILES string of the molecule is CCCN1C=CN(CC)C1.F[B-](F)(F)F. The summed E-state index contributed by atoms with van der Waals surface area (Å²) in [5, 5.41) is 0. The molecule has 0 amide bonds. The lowest BCUT2D eigenvalue weighted by molar-refractivity contribution is 0.273. The first kappa shape index (κ1) is 14.1. The zero-order chi connectivity index (χ0) is 11.9. The van der Waals surface area contributed by atoms with Crippen LogP contribution in [-0.2, 0) is 0 Å².